The maximum atomic E-state index is 12.8. The topological polar surface area (TPSA) is 134 Å². The number of nitro groups is 1. The van der Waals surface area contributed by atoms with Gasteiger partial charge in [-0.05, 0) is 68.7 Å². The number of nitrogens with zero attached hydrogens (tertiary/aromatic N) is 1. The maximum Gasteiger partial charge on any atom is 0.412 e. The lowest BCUT2D eigenvalue weighted by atomic mass is 10.1. The fourth-order valence-electron chi connectivity index (χ4n) is 2.94. The number of non-ortho nitro benzene ring substituents is 1. The first-order chi connectivity index (χ1) is 15.4. The summed E-state index contributed by atoms with van der Waals surface area (Å²) in [6.45, 7) is 6.61. The molecule has 0 saturated heterocycles. The van der Waals surface area contributed by atoms with E-state index in [4.69, 9.17) is 13.1 Å². The van der Waals surface area contributed by atoms with Crippen LogP contribution in [0.5, 0.6) is 5.75 Å². The third-order valence-corrected chi connectivity index (χ3v) is 8.95. The SMILES string of the molecule is CCOCCNC(=O)Oc1cc(C)c(S(C)(C)OS(=O)(=O)c2ccc([N+](=O)[O-])cc2)cc1C. The number of hydrogen-bond acceptors (Lipinski definition) is 8. The van der Waals surface area contributed by atoms with Gasteiger partial charge in [0.1, 0.15) is 5.75 Å². The molecular formula is C21H28N2O8S2. The van der Waals surface area contributed by atoms with E-state index in [1.54, 1.807) is 38.5 Å². The first kappa shape index (κ1) is 26.6. The third-order valence-electron chi connectivity index (χ3n) is 4.52. The molecule has 0 unspecified atom stereocenters. The van der Waals surface area contributed by atoms with Crippen molar-refractivity contribution in [2.24, 2.45) is 0 Å². The lowest BCUT2D eigenvalue weighted by Gasteiger charge is -2.32. The Bertz CT molecular complexity index is 1120. The Labute approximate surface area is 195 Å². The van der Waals surface area contributed by atoms with Crippen molar-refractivity contribution in [2.75, 3.05) is 32.3 Å². The summed E-state index contributed by atoms with van der Waals surface area (Å²) in [5.41, 5.74) is 1.11. The van der Waals surface area contributed by atoms with Gasteiger partial charge in [0, 0.05) is 30.2 Å². The molecule has 0 fully saturated rings. The predicted molar refractivity (Wildman–Crippen MR) is 126 cm³/mol. The summed E-state index contributed by atoms with van der Waals surface area (Å²) in [6, 6.07) is 7.89. The van der Waals surface area contributed by atoms with Crippen LogP contribution in [0.2, 0.25) is 0 Å². The van der Waals surface area contributed by atoms with Crippen molar-refractivity contribution in [3.8, 4) is 5.75 Å². The van der Waals surface area contributed by atoms with Gasteiger partial charge in [0.15, 0.2) is 0 Å². The van der Waals surface area contributed by atoms with Crippen LogP contribution in [0.1, 0.15) is 18.1 Å². The van der Waals surface area contributed by atoms with Crippen LogP contribution >= 0.6 is 10.3 Å². The van der Waals surface area contributed by atoms with Crippen LogP contribution in [0.4, 0.5) is 10.5 Å². The molecule has 2 aromatic carbocycles. The van der Waals surface area contributed by atoms with Crippen molar-refractivity contribution in [2.45, 2.75) is 30.6 Å². The van der Waals surface area contributed by atoms with Gasteiger partial charge in [-0.3, -0.25) is 10.1 Å². The van der Waals surface area contributed by atoms with Crippen molar-refractivity contribution in [1.29, 1.82) is 0 Å². The molecular weight excluding hydrogens is 472 g/mol. The minimum absolute atomic E-state index is 0.174. The third kappa shape index (κ3) is 7.16. The van der Waals surface area contributed by atoms with Crippen molar-refractivity contribution >= 4 is 32.2 Å². The van der Waals surface area contributed by atoms with E-state index in [9.17, 15) is 23.3 Å². The van der Waals surface area contributed by atoms with Gasteiger partial charge in [0.2, 0.25) is 0 Å². The van der Waals surface area contributed by atoms with Crippen LogP contribution in [0, 0.1) is 24.0 Å². The molecule has 0 aromatic heterocycles. The largest absolute Gasteiger partial charge is 0.412 e. The summed E-state index contributed by atoms with van der Waals surface area (Å²) in [5.74, 6) is 0.346. The van der Waals surface area contributed by atoms with Crippen LogP contribution in [0.3, 0.4) is 0 Å². The van der Waals surface area contributed by atoms with Gasteiger partial charge in [0.25, 0.3) is 5.69 Å². The molecule has 0 aliphatic heterocycles. The lowest BCUT2D eigenvalue weighted by molar-refractivity contribution is -0.384. The second kappa shape index (κ2) is 11.0. The predicted octanol–water partition coefficient (Wildman–Crippen LogP) is 4.08. The summed E-state index contributed by atoms with van der Waals surface area (Å²) in [4.78, 5) is 22.7. The molecule has 12 heteroatoms. The zero-order valence-electron chi connectivity index (χ0n) is 19.1. The van der Waals surface area contributed by atoms with E-state index in [2.05, 4.69) is 5.32 Å². The molecule has 0 radical (unpaired) electrons. The highest BCUT2D eigenvalue weighted by Gasteiger charge is 2.28. The molecule has 33 heavy (non-hydrogen) atoms. The number of amides is 1. The maximum absolute atomic E-state index is 12.8. The van der Waals surface area contributed by atoms with Gasteiger partial charge in [-0.25, -0.2) is 8.42 Å². The van der Waals surface area contributed by atoms with Crippen molar-refractivity contribution < 1.29 is 31.2 Å². The standard InChI is InChI=1S/C21H28N2O8S2/c1-6-29-12-11-22-21(24)30-19-13-16(3)20(14-15(19)2)32(4,5)31-33(27,28)18-9-7-17(8-10-18)23(25)26/h7-10,13-14H,6,11-12H2,1-5H3,(H,22,24). The molecule has 2 rings (SSSR count). The molecule has 2 aromatic rings. The molecule has 0 aliphatic carbocycles. The van der Waals surface area contributed by atoms with E-state index in [0.29, 0.717) is 41.5 Å². The Morgan fingerprint density at radius 2 is 1.73 bits per heavy atom. The lowest BCUT2D eigenvalue weighted by Crippen LogP contribution is -2.30. The number of nitrogens with one attached hydrogen (secondary N) is 1. The number of carbonyl (C=O) groups excluding carboxylic acids is 1. The summed E-state index contributed by atoms with van der Waals surface area (Å²) in [7, 11) is -6.48. The average molecular weight is 501 g/mol. The van der Waals surface area contributed by atoms with E-state index < -0.39 is 31.4 Å². The zero-order chi connectivity index (χ0) is 24.8. The van der Waals surface area contributed by atoms with E-state index in [-0.39, 0.29) is 10.6 Å². The van der Waals surface area contributed by atoms with Crippen LogP contribution in [-0.4, -0.2) is 51.7 Å². The van der Waals surface area contributed by atoms with Gasteiger partial charge in [-0.1, -0.05) is 10.3 Å². The number of carbonyl (C=O) groups is 1. The number of rotatable bonds is 10. The highest BCUT2D eigenvalue weighted by atomic mass is 32.3. The molecule has 0 saturated carbocycles. The summed E-state index contributed by atoms with van der Waals surface area (Å²) < 4.78 is 41.7. The molecule has 1 amide bonds. The average Bonchev–Trinajstić information content (AvgIpc) is 2.72. The zero-order valence-corrected chi connectivity index (χ0v) is 20.7. The van der Waals surface area contributed by atoms with Gasteiger partial charge >= 0.3 is 16.2 Å². The van der Waals surface area contributed by atoms with Crippen LogP contribution < -0.4 is 10.1 Å². The molecule has 0 heterocycles. The normalized spacial score (nSPS) is 12.3. The first-order valence-corrected chi connectivity index (χ1v) is 13.7. The minimum atomic E-state index is -4.18. The summed E-state index contributed by atoms with van der Waals surface area (Å²) in [6.07, 6.45) is 2.74. The Hall–Kier alpha value is -2.67. The number of nitro benzene ring substituents is 1. The van der Waals surface area contributed by atoms with Crippen molar-refractivity contribution in [3.63, 3.8) is 0 Å². The smallest absolute Gasteiger partial charge is 0.410 e. The summed E-state index contributed by atoms with van der Waals surface area (Å²) >= 11 is 0. The summed E-state index contributed by atoms with van der Waals surface area (Å²) in [5, 5.41) is 13.4. The monoisotopic (exact) mass is 500 g/mol. The Morgan fingerprint density at radius 1 is 1.09 bits per heavy atom. The first-order valence-electron chi connectivity index (χ1n) is 9.96. The fraction of sp³-hybridized carbons (Fsp3) is 0.381. The van der Waals surface area contributed by atoms with E-state index >= 15 is 0 Å². The highest BCUT2D eigenvalue weighted by Crippen LogP contribution is 2.54. The molecule has 0 aliphatic rings. The van der Waals surface area contributed by atoms with Gasteiger partial charge in [-0.15, -0.1) is 0 Å². The number of benzene rings is 2. The van der Waals surface area contributed by atoms with Gasteiger partial charge in [0.05, 0.1) is 16.4 Å². The second-order valence-corrected chi connectivity index (χ2v) is 12.2. The molecule has 0 spiro atoms. The Kier molecular flexibility index (Phi) is 8.83. The van der Waals surface area contributed by atoms with Crippen LogP contribution in [-0.2, 0) is 18.5 Å². The molecule has 1 N–H and O–H groups in total. The highest BCUT2D eigenvalue weighted by molar-refractivity contribution is 8.32. The Morgan fingerprint density at radius 3 is 2.30 bits per heavy atom. The Balaban J connectivity index is 2.20. The molecule has 0 atom stereocenters. The van der Waals surface area contributed by atoms with Crippen LogP contribution in [0.15, 0.2) is 46.2 Å². The van der Waals surface area contributed by atoms with Crippen molar-refractivity contribution in [3.05, 3.63) is 57.6 Å². The molecule has 0 bridgehead atoms. The quantitative estimate of drug-likeness (QED) is 0.293. The van der Waals surface area contributed by atoms with Crippen LogP contribution in [0.25, 0.3) is 0 Å². The fourth-order valence-corrected chi connectivity index (χ4v) is 7.11. The van der Waals surface area contributed by atoms with Crippen molar-refractivity contribution in [1.82, 2.24) is 5.32 Å². The number of ether oxygens (including phenoxy) is 2. The minimum Gasteiger partial charge on any atom is -0.410 e. The van der Waals surface area contributed by atoms with Gasteiger partial charge < -0.3 is 14.8 Å². The molecule has 10 nitrogen and oxygen atoms in total. The van der Waals surface area contributed by atoms with Gasteiger partial charge in [-0.2, -0.15) is 8.42 Å². The van der Waals surface area contributed by atoms with E-state index in [0.717, 1.165) is 24.3 Å². The number of aryl methyl sites for hydroxylation is 2. The van der Waals surface area contributed by atoms with E-state index in [1.165, 1.54) is 0 Å². The van der Waals surface area contributed by atoms with E-state index in [1.807, 2.05) is 6.92 Å². The second-order valence-electron chi connectivity index (χ2n) is 7.40. The number of hydrogen-bond donors (Lipinski definition) is 1. The molecule has 182 valence electrons.